The molecule has 1 heterocycles. The van der Waals surface area contributed by atoms with Gasteiger partial charge in [0.15, 0.2) is 0 Å². The smallest absolute Gasteiger partial charge is 0.227 e. The van der Waals surface area contributed by atoms with E-state index in [9.17, 15) is 4.79 Å². The van der Waals surface area contributed by atoms with Crippen molar-refractivity contribution in [1.82, 2.24) is 10.1 Å². The molecule has 3 aromatic carbocycles. The number of rotatable bonds is 6. The summed E-state index contributed by atoms with van der Waals surface area (Å²) in [5.74, 6) is 0.951. The zero-order valence-electron chi connectivity index (χ0n) is 16.6. The van der Waals surface area contributed by atoms with E-state index in [-0.39, 0.29) is 12.3 Å². The number of carbonyl (C=O) groups excluding carboxylic acids is 1. The van der Waals surface area contributed by atoms with Crippen molar-refractivity contribution in [2.24, 2.45) is 0 Å². The molecule has 5 heteroatoms. The van der Waals surface area contributed by atoms with Gasteiger partial charge in [-0.2, -0.15) is 4.98 Å². The summed E-state index contributed by atoms with van der Waals surface area (Å²) in [4.78, 5) is 17.0. The predicted octanol–water partition coefficient (Wildman–Crippen LogP) is 5.33. The molecule has 5 nitrogen and oxygen atoms in total. The summed E-state index contributed by atoms with van der Waals surface area (Å²) < 4.78 is 5.40. The number of fused-ring (bicyclic) bond motifs is 1. The zero-order chi connectivity index (χ0) is 20.2. The van der Waals surface area contributed by atoms with Crippen LogP contribution in [-0.4, -0.2) is 16.0 Å². The van der Waals surface area contributed by atoms with Crippen LogP contribution in [0.3, 0.4) is 0 Å². The van der Waals surface area contributed by atoms with Gasteiger partial charge in [0.1, 0.15) is 0 Å². The van der Waals surface area contributed by atoms with Crippen molar-refractivity contribution in [2.45, 2.75) is 33.1 Å². The van der Waals surface area contributed by atoms with Crippen molar-refractivity contribution < 1.29 is 9.32 Å². The van der Waals surface area contributed by atoms with Gasteiger partial charge in [0.05, 0.1) is 0 Å². The Hall–Kier alpha value is -3.47. The Morgan fingerprint density at radius 2 is 1.83 bits per heavy atom. The van der Waals surface area contributed by atoms with Gasteiger partial charge < -0.3 is 9.84 Å². The highest BCUT2D eigenvalue weighted by molar-refractivity contribution is 5.95. The average molecular weight is 385 g/mol. The topological polar surface area (TPSA) is 68.0 Å². The summed E-state index contributed by atoms with van der Waals surface area (Å²) in [5, 5.41) is 9.36. The van der Waals surface area contributed by atoms with E-state index in [4.69, 9.17) is 4.52 Å². The summed E-state index contributed by atoms with van der Waals surface area (Å²) in [7, 11) is 0. The van der Waals surface area contributed by atoms with E-state index in [1.807, 2.05) is 55.5 Å². The molecule has 0 unspecified atom stereocenters. The summed E-state index contributed by atoms with van der Waals surface area (Å²) in [6, 6.07) is 20.2. The second-order valence-electron chi connectivity index (χ2n) is 7.05. The summed E-state index contributed by atoms with van der Waals surface area (Å²) in [6.45, 7) is 4.08. The van der Waals surface area contributed by atoms with Crippen LogP contribution in [0.1, 0.15) is 30.4 Å². The van der Waals surface area contributed by atoms with Gasteiger partial charge in [0, 0.05) is 24.1 Å². The number of hydrogen-bond donors (Lipinski definition) is 1. The second-order valence-corrected chi connectivity index (χ2v) is 7.05. The molecule has 4 rings (SSSR count). The van der Waals surface area contributed by atoms with Gasteiger partial charge in [0.25, 0.3) is 0 Å². The first-order chi connectivity index (χ1) is 14.2. The first-order valence-corrected chi connectivity index (χ1v) is 9.84. The van der Waals surface area contributed by atoms with Crippen LogP contribution in [0.5, 0.6) is 0 Å². The van der Waals surface area contributed by atoms with Crippen LogP contribution in [0, 0.1) is 6.92 Å². The van der Waals surface area contributed by atoms with Crippen molar-refractivity contribution in [2.75, 3.05) is 5.32 Å². The average Bonchev–Trinajstić information content (AvgIpc) is 3.22. The van der Waals surface area contributed by atoms with Crippen LogP contribution < -0.4 is 5.32 Å². The lowest BCUT2D eigenvalue weighted by atomic mass is 10.0. The maximum atomic E-state index is 12.5. The normalized spacial score (nSPS) is 11.0. The van der Waals surface area contributed by atoms with Gasteiger partial charge in [-0.25, -0.2) is 0 Å². The molecule has 1 amide bonds. The Labute approximate surface area is 169 Å². The number of aryl methyl sites for hydroxylation is 3. The van der Waals surface area contributed by atoms with Crippen molar-refractivity contribution in [1.29, 1.82) is 0 Å². The van der Waals surface area contributed by atoms with E-state index in [0.29, 0.717) is 18.1 Å². The molecule has 0 radical (unpaired) electrons. The number of hydrogen-bond acceptors (Lipinski definition) is 4. The zero-order valence-corrected chi connectivity index (χ0v) is 16.6. The second kappa shape index (κ2) is 8.27. The van der Waals surface area contributed by atoms with Crippen molar-refractivity contribution in [3.63, 3.8) is 0 Å². The van der Waals surface area contributed by atoms with E-state index in [2.05, 4.69) is 34.5 Å². The van der Waals surface area contributed by atoms with Crippen LogP contribution in [0.15, 0.2) is 65.2 Å². The van der Waals surface area contributed by atoms with Gasteiger partial charge >= 0.3 is 0 Å². The molecule has 0 aliphatic rings. The van der Waals surface area contributed by atoms with Gasteiger partial charge in [-0.1, -0.05) is 72.7 Å². The molecule has 4 aromatic rings. The fraction of sp³-hybridized carbons (Fsp3) is 0.208. The maximum absolute atomic E-state index is 12.5. The highest BCUT2D eigenvalue weighted by Crippen LogP contribution is 2.26. The summed E-state index contributed by atoms with van der Waals surface area (Å²) >= 11 is 0. The number of nitrogens with zero attached hydrogens (tertiary/aromatic N) is 2. The molecule has 0 spiro atoms. The molecule has 146 valence electrons. The largest absolute Gasteiger partial charge is 0.339 e. The first kappa shape index (κ1) is 18.9. The van der Waals surface area contributed by atoms with Gasteiger partial charge in [0.2, 0.25) is 17.6 Å². The first-order valence-electron chi connectivity index (χ1n) is 9.84. The lowest BCUT2D eigenvalue weighted by Crippen LogP contribution is -2.14. The minimum absolute atomic E-state index is 0.0566. The number of anilines is 1. The number of carbonyl (C=O) groups is 1. The molecular weight excluding hydrogens is 362 g/mol. The molecule has 0 saturated carbocycles. The van der Waals surface area contributed by atoms with Crippen molar-refractivity contribution in [3.8, 4) is 11.4 Å². The molecule has 0 atom stereocenters. The lowest BCUT2D eigenvalue weighted by molar-refractivity contribution is -0.116. The Morgan fingerprint density at radius 1 is 1.03 bits per heavy atom. The van der Waals surface area contributed by atoms with Crippen molar-refractivity contribution >= 4 is 22.4 Å². The highest BCUT2D eigenvalue weighted by atomic mass is 16.5. The molecule has 0 saturated heterocycles. The fourth-order valence-corrected chi connectivity index (χ4v) is 3.51. The number of para-hydroxylation sites is 1. The van der Waals surface area contributed by atoms with E-state index in [0.717, 1.165) is 39.6 Å². The minimum Gasteiger partial charge on any atom is -0.339 e. The van der Waals surface area contributed by atoms with E-state index in [1.54, 1.807) is 0 Å². The Bertz CT molecular complexity index is 1160. The quantitative estimate of drug-likeness (QED) is 0.487. The standard InChI is InChI=1S/C24H23N3O2/c1-3-17-10-6-8-16(2)23(17)25-21(28)14-15-22-26-24(27-29-22)20-13-7-11-18-9-4-5-12-19(18)20/h4-13H,3,14-15H2,1-2H3,(H,25,28). The number of amides is 1. The van der Waals surface area contributed by atoms with Crippen LogP contribution in [0.4, 0.5) is 5.69 Å². The molecule has 0 bridgehead atoms. The Morgan fingerprint density at radius 3 is 2.69 bits per heavy atom. The Balaban J connectivity index is 1.46. The lowest BCUT2D eigenvalue weighted by Gasteiger charge is -2.12. The fourth-order valence-electron chi connectivity index (χ4n) is 3.51. The summed E-state index contributed by atoms with van der Waals surface area (Å²) in [5.41, 5.74) is 4.03. The van der Waals surface area contributed by atoms with E-state index < -0.39 is 0 Å². The number of aromatic nitrogens is 2. The SMILES string of the molecule is CCc1cccc(C)c1NC(=O)CCc1nc(-c2cccc3ccccc23)no1. The third-order valence-electron chi connectivity index (χ3n) is 5.07. The van der Waals surface area contributed by atoms with Gasteiger partial charge in [-0.15, -0.1) is 0 Å². The van der Waals surface area contributed by atoms with Crippen LogP contribution in [-0.2, 0) is 17.6 Å². The van der Waals surface area contributed by atoms with Crippen LogP contribution in [0.25, 0.3) is 22.2 Å². The van der Waals surface area contributed by atoms with Crippen LogP contribution in [0.2, 0.25) is 0 Å². The molecule has 0 fully saturated rings. The van der Waals surface area contributed by atoms with Crippen LogP contribution >= 0.6 is 0 Å². The molecule has 1 aromatic heterocycles. The number of benzene rings is 3. The third-order valence-corrected chi connectivity index (χ3v) is 5.07. The highest BCUT2D eigenvalue weighted by Gasteiger charge is 2.14. The molecule has 0 aliphatic heterocycles. The number of nitrogens with one attached hydrogen (secondary N) is 1. The summed E-state index contributed by atoms with van der Waals surface area (Å²) in [6.07, 6.45) is 1.56. The van der Waals surface area contributed by atoms with Gasteiger partial charge in [-0.3, -0.25) is 4.79 Å². The minimum atomic E-state index is -0.0566. The Kier molecular flexibility index (Phi) is 5.38. The van der Waals surface area contributed by atoms with Gasteiger partial charge in [-0.05, 0) is 35.2 Å². The van der Waals surface area contributed by atoms with Crippen molar-refractivity contribution in [3.05, 3.63) is 77.7 Å². The molecular formula is C24H23N3O2. The van der Waals surface area contributed by atoms with E-state index >= 15 is 0 Å². The monoisotopic (exact) mass is 385 g/mol. The molecule has 1 N–H and O–H groups in total. The molecule has 29 heavy (non-hydrogen) atoms. The third kappa shape index (κ3) is 4.04. The van der Waals surface area contributed by atoms with E-state index in [1.165, 1.54) is 0 Å². The predicted molar refractivity (Wildman–Crippen MR) is 115 cm³/mol. The maximum Gasteiger partial charge on any atom is 0.227 e. The molecule has 0 aliphatic carbocycles.